The minimum absolute atomic E-state index is 0.0810. The molecule has 6 nitrogen and oxygen atoms in total. The SMILES string of the molecule is CCC(=O)C(NC(=O)c1cccc(C2CCCN(C(=O)C3CCOCC3)C2)c1)C1CCCCC1. The van der Waals surface area contributed by atoms with Gasteiger partial charge in [0.2, 0.25) is 5.91 Å². The summed E-state index contributed by atoms with van der Waals surface area (Å²) < 4.78 is 5.42. The Labute approximate surface area is 203 Å². The van der Waals surface area contributed by atoms with Gasteiger partial charge >= 0.3 is 0 Å². The molecule has 0 bridgehead atoms. The van der Waals surface area contributed by atoms with Crippen molar-refractivity contribution in [2.45, 2.75) is 83.1 Å². The lowest BCUT2D eigenvalue weighted by molar-refractivity contribution is -0.139. The summed E-state index contributed by atoms with van der Waals surface area (Å²) in [6, 6.07) is 7.42. The van der Waals surface area contributed by atoms with Crippen LogP contribution in [0, 0.1) is 11.8 Å². The van der Waals surface area contributed by atoms with E-state index in [4.69, 9.17) is 4.74 Å². The van der Waals surface area contributed by atoms with Crippen LogP contribution < -0.4 is 5.32 Å². The van der Waals surface area contributed by atoms with Gasteiger partial charge in [-0.2, -0.15) is 0 Å². The van der Waals surface area contributed by atoms with Crippen molar-refractivity contribution in [3.05, 3.63) is 35.4 Å². The van der Waals surface area contributed by atoms with Gasteiger partial charge in [0.25, 0.3) is 5.91 Å². The number of nitrogens with zero attached hydrogens (tertiary/aromatic N) is 1. The van der Waals surface area contributed by atoms with Crippen LogP contribution in [0.15, 0.2) is 24.3 Å². The predicted octanol–water partition coefficient (Wildman–Crippen LogP) is 4.48. The van der Waals surface area contributed by atoms with E-state index in [1.165, 1.54) is 6.42 Å². The average molecular weight is 469 g/mol. The first kappa shape index (κ1) is 24.9. The monoisotopic (exact) mass is 468 g/mol. The van der Waals surface area contributed by atoms with Crippen LogP contribution in [-0.4, -0.2) is 54.8 Å². The summed E-state index contributed by atoms with van der Waals surface area (Å²) in [4.78, 5) is 40.9. The molecule has 3 fully saturated rings. The second kappa shape index (κ2) is 12.0. The molecule has 2 aliphatic heterocycles. The van der Waals surface area contributed by atoms with E-state index in [0.717, 1.165) is 63.5 Å². The van der Waals surface area contributed by atoms with Crippen LogP contribution in [0.2, 0.25) is 0 Å². The molecular formula is C28H40N2O4. The van der Waals surface area contributed by atoms with Gasteiger partial charge in [-0.05, 0) is 62.1 Å². The van der Waals surface area contributed by atoms with E-state index in [9.17, 15) is 14.4 Å². The third kappa shape index (κ3) is 6.07. The summed E-state index contributed by atoms with van der Waals surface area (Å²) >= 11 is 0. The Morgan fingerprint density at radius 3 is 2.53 bits per heavy atom. The second-order valence-electron chi connectivity index (χ2n) is 10.3. The van der Waals surface area contributed by atoms with Crippen LogP contribution in [0.3, 0.4) is 0 Å². The first-order chi connectivity index (χ1) is 16.6. The maximum Gasteiger partial charge on any atom is 0.251 e. The zero-order valence-corrected chi connectivity index (χ0v) is 20.6. The molecule has 2 amide bonds. The molecule has 2 heterocycles. The summed E-state index contributed by atoms with van der Waals surface area (Å²) in [6.45, 7) is 4.75. The van der Waals surface area contributed by atoms with Crippen molar-refractivity contribution < 1.29 is 19.1 Å². The highest BCUT2D eigenvalue weighted by Crippen LogP contribution is 2.30. The lowest BCUT2D eigenvalue weighted by atomic mass is 9.81. The lowest BCUT2D eigenvalue weighted by Crippen LogP contribution is -2.46. The van der Waals surface area contributed by atoms with Gasteiger partial charge in [-0.25, -0.2) is 0 Å². The molecule has 186 valence electrons. The van der Waals surface area contributed by atoms with Crippen LogP contribution in [-0.2, 0) is 14.3 Å². The van der Waals surface area contributed by atoms with Crippen LogP contribution >= 0.6 is 0 Å². The molecular weight excluding hydrogens is 428 g/mol. The topological polar surface area (TPSA) is 75.7 Å². The maximum atomic E-state index is 13.2. The number of carbonyl (C=O) groups excluding carboxylic acids is 3. The molecule has 0 radical (unpaired) electrons. The number of amides is 2. The molecule has 4 rings (SSSR count). The van der Waals surface area contributed by atoms with Gasteiger partial charge in [-0.3, -0.25) is 14.4 Å². The Morgan fingerprint density at radius 1 is 1.03 bits per heavy atom. The van der Waals surface area contributed by atoms with E-state index in [1.807, 2.05) is 30.0 Å². The van der Waals surface area contributed by atoms with Gasteiger partial charge in [0.1, 0.15) is 0 Å². The zero-order chi connectivity index (χ0) is 23.9. The van der Waals surface area contributed by atoms with E-state index >= 15 is 0 Å². The van der Waals surface area contributed by atoms with E-state index in [1.54, 1.807) is 0 Å². The van der Waals surface area contributed by atoms with Crippen LogP contribution in [0.4, 0.5) is 0 Å². The number of rotatable bonds is 7. The van der Waals surface area contributed by atoms with Crippen LogP contribution in [0.25, 0.3) is 0 Å². The fourth-order valence-electron chi connectivity index (χ4n) is 5.96. The van der Waals surface area contributed by atoms with Crippen molar-refractivity contribution in [2.75, 3.05) is 26.3 Å². The highest BCUT2D eigenvalue weighted by Gasteiger charge is 2.32. The van der Waals surface area contributed by atoms with E-state index in [0.29, 0.717) is 31.7 Å². The largest absolute Gasteiger partial charge is 0.381 e. The summed E-state index contributed by atoms with van der Waals surface area (Å²) in [5.41, 5.74) is 1.71. The summed E-state index contributed by atoms with van der Waals surface area (Å²) in [5, 5.41) is 3.09. The highest BCUT2D eigenvalue weighted by atomic mass is 16.5. The molecule has 1 saturated carbocycles. The molecule has 3 aliphatic rings. The third-order valence-electron chi connectivity index (χ3n) is 8.03. The predicted molar refractivity (Wildman–Crippen MR) is 132 cm³/mol. The van der Waals surface area contributed by atoms with Crippen LogP contribution in [0.5, 0.6) is 0 Å². The standard InChI is InChI=1S/C28H40N2O4/c1-2-25(31)26(20-8-4-3-5-9-20)29-27(32)23-11-6-10-22(18-23)24-12-7-15-30(19-24)28(33)21-13-16-34-17-14-21/h6,10-11,18,20-21,24,26H,2-5,7-9,12-17,19H2,1H3,(H,29,32). The number of Topliss-reactive ketones (excluding diaryl/α,β-unsaturated/α-hetero) is 1. The Hall–Kier alpha value is -2.21. The number of hydrogen-bond acceptors (Lipinski definition) is 4. The minimum atomic E-state index is -0.385. The third-order valence-corrected chi connectivity index (χ3v) is 8.03. The van der Waals surface area contributed by atoms with Crippen molar-refractivity contribution in [3.8, 4) is 0 Å². The highest BCUT2D eigenvalue weighted by molar-refractivity contribution is 5.98. The van der Waals surface area contributed by atoms with Gasteiger partial charge in [0, 0.05) is 50.1 Å². The molecule has 1 aliphatic carbocycles. The number of likely N-dealkylation sites (tertiary alicyclic amines) is 1. The number of nitrogens with one attached hydrogen (secondary N) is 1. The van der Waals surface area contributed by atoms with Crippen molar-refractivity contribution >= 4 is 17.6 Å². The average Bonchev–Trinajstić information content (AvgIpc) is 2.92. The maximum absolute atomic E-state index is 13.2. The normalized spacial score (nSPS) is 23.3. The van der Waals surface area contributed by atoms with Gasteiger partial charge in [0.15, 0.2) is 5.78 Å². The molecule has 6 heteroatoms. The first-order valence-corrected chi connectivity index (χ1v) is 13.4. The Morgan fingerprint density at radius 2 is 1.79 bits per heavy atom. The lowest BCUT2D eigenvalue weighted by Gasteiger charge is -2.36. The molecule has 2 saturated heterocycles. The molecule has 2 atom stereocenters. The number of carbonyl (C=O) groups is 3. The van der Waals surface area contributed by atoms with E-state index in [-0.39, 0.29) is 41.4 Å². The molecule has 34 heavy (non-hydrogen) atoms. The minimum Gasteiger partial charge on any atom is -0.381 e. The zero-order valence-electron chi connectivity index (χ0n) is 20.6. The first-order valence-electron chi connectivity index (χ1n) is 13.4. The fraction of sp³-hybridized carbons (Fsp3) is 0.679. The van der Waals surface area contributed by atoms with Gasteiger partial charge in [0.05, 0.1) is 6.04 Å². The Kier molecular flexibility index (Phi) is 8.76. The molecule has 0 spiro atoms. The fourth-order valence-corrected chi connectivity index (χ4v) is 5.96. The number of ether oxygens (including phenoxy) is 1. The van der Waals surface area contributed by atoms with Gasteiger partial charge in [-0.15, -0.1) is 0 Å². The molecule has 1 N–H and O–H groups in total. The van der Waals surface area contributed by atoms with Crippen LogP contribution in [0.1, 0.15) is 93.0 Å². The second-order valence-corrected chi connectivity index (χ2v) is 10.3. The van der Waals surface area contributed by atoms with E-state index in [2.05, 4.69) is 11.4 Å². The van der Waals surface area contributed by atoms with Gasteiger partial charge < -0.3 is 15.0 Å². The summed E-state index contributed by atoms with van der Waals surface area (Å²) in [6.07, 6.45) is 9.57. The summed E-state index contributed by atoms with van der Waals surface area (Å²) in [7, 11) is 0. The number of ketones is 1. The summed E-state index contributed by atoms with van der Waals surface area (Å²) in [5.74, 6) is 0.789. The number of hydrogen-bond donors (Lipinski definition) is 1. The van der Waals surface area contributed by atoms with Crippen molar-refractivity contribution in [1.82, 2.24) is 10.2 Å². The quantitative estimate of drug-likeness (QED) is 0.640. The van der Waals surface area contributed by atoms with Crippen molar-refractivity contribution in [2.24, 2.45) is 11.8 Å². The van der Waals surface area contributed by atoms with E-state index < -0.39 is 0 Å². The molecule has 1 aromatic rings. The Bertz CT molecular complexity index is 858. The smallest absolute Gasteiger partial charge is 0.251 e. The number of benzene rings is 1. The Balaban J connectivity index is 1.42. The molecule has 1 aromatic carbocycles. The molecule has 0 aromatic heterocycles. The van der Waals surface area contributed by atoms with Gasteiger partial charge in [-0.1, -0.05) is 38.3 Å². The number of piperidine rings is 1. The van der Waals surface area contributed by atoms with Crippen molar-refractivity contribution in [3.63, 3.8) is 0 Å². The molecule has 2 unspecified atom stereocenters. The van der Waals surface area contributed by atoms with Crippen molar-refractivity contribution in [1.29, 1.82) is 0 Å².